The van der Waals surface area contributed by atoms with Gasteiger partial charge in [0.15, 0.2) is 0 Å². The number of amides is 1. The van der Waals surface area contributed by atoms with E-state index in [1.165, 1.54) is 11.0 Å². The number of carboxylic acid groups (broad SMARTS) is 1. The van der Waals surface area contributed by atoms with Gasteiger partial charge in [0.25, 0.3) is 5.91 Å². The third-order valence-electron chi connectivity index (χ3n) is 3.17. The lowest BCUT2D eigenvalue weighted by Gasteiger charge is -2.12. The Kier molecular flexibility index (Phi) is 5.24. The molecule has 2 N–H and O–H groups in total. The van der Waals surface area contributed by atoms with Crippen molar-refractivity contribution in [3.8, 4) is 5.69 Å². The molecular weight excluding hydrogens is 284 g/mol. The van der Waals surface area contributed by atoms with Gasteiger partial charge in [-0.3, -0.25) is 4.79 Å². The van der Waals surface area contributed by atoms with Gasteiger partial charge >= 0.3 is 5.97 Å². The van der Waals surface area contributed by atoms with Crippen molar-refractivity contribution in [1.82, 2.24) is 20.1 Å². The normalized spacial score (nSPS) is 11.9. The number of carbonyl (C=O) groups excluding carboxylic acids is 1. The number of nitrogens with zero attached hydrogens (tertiary/aromatic N) is 3. The zero-order valence-electron chi connectivity index (χ0n) is 12.3. The second-order valence-electron chi connectivity index (χ2n) is 4.85. The van der Waals surface area contributed by atoms with Crippen LogP contribution in [0.3, 0.4) is 0 Å². The monoisotopic (exact) mass is 302 g/mol. The second kappa shape index (κ2) is 7.35. The van der Waals surface area contributed by atoms with Gasteiger partial charge in [0.1, 0.15) is 12.4 Å². The first-order valence-corrected chi connectivity index (χ1v) is 7.12. The number of rotatable bonds is 7. The molecule has 0 radical (unpaired) electrons. The van der Waals surface area contributed by atoms with Crippen molar-refractivity contribution >= 4 is 11.9 Å². The summed E-state index contributed by atoms with van der Waals surface area (Å²) in [6, 6.07) is 8.31. The fourth-order valence-electron chi connectivity index (χ4n) is 1.96. The predicted molar refractivity (Wildman–Crippen MR) is 79.8 cm³/mol. The van der Waals surface area contributed by atoms with Gasteiger partial charge in [-0.2, -0.15) is 0 Å². The van der Waals surface area contributed by atoms with Crippen molar-refractivity contribution in [3.05, 3.63) is 42.5 Å². The number of para-hydroxylation sites is 1. The van der Waals surface area contributed by atoms with Gasteiger partial charge < -0.3 is 10.4 Å². The van der Waals surface area contributed by atoms with Gasteiger partial charge in [-0.25, -0.2) is 14.5 Å². The summed E-state index contributed by atoms with van der Waals surface area (Å²) in [6.07, 6.45) is 3.40. The average molecular weight is 302 g/mol. The van der Waals surface area contributed by atoms with Crippen LogP contribution in [0, 0.1) is 0 Å². The Balaban J connectivity index is 2.06. The minimum absolute atomic E-state index is 0.0494. The van der Waals surface area contributed by atoms with E-state index < -0.39 is 17.9 Å². The summed E-state index contributed by atoms with van der Waals surface area (Å²) in [5.41, 5.74) is 0.773. The minimum Gasteiger partial charge on any atom is -0.480 e. The van der Waals surface area contributed by atoms with Gasteiger partial charge in [0, 0.05) is 0 Å². The third kappa shape index (κ3) is 3.91. The van der Waals surface area contributed by atoms with Crippen molar-refractivity contribution in [2.75, 3.05) is 0 Å². The molecule has 1 aromatic carbocycles. The Morgan fingerprint density at radius 1 is 1.32 bits per heavy atom. The Labute approximate surface area is 128 Å². The Bertz CT molecular complexity index is 639. The summed E-state index contributed by atoms with van der Waals surface area (Å²) < 4.78 is 1.47. The van der Waals surface area contributed by atoms with Crippen LogP contribution in [0.15, 0.2) is 36.7 Å². The molecular formula is C15H18N4O3. The summed E-state index contributed by atoms with van der Waals surface area (Å²) in [4.78, 5) is 27.1. The topological polar surface area (TPSA) is 97.1 Å². The number of aromatic nitrogens is 3. The SMILES string of the molecule is CCCCC(NC(=O)c1ncn(-c2ccccc2)n1)C(=O)O. The second-order valence-corrected chi connectivity index (χ2v) is 4.85. The molecule has 1 amide bonds. The number of carbonyl (C=O) groups is 2. The molecule has 0 saturated carbocycles. The van der Waals surface area contributed by atoms with Crippen molar-refractivity contribution in [1.29, 1.82) is 0 Å². The molecule has 1 atom stereocenters. The number of benzene rings is 1. The highest BCUT2D eigenvalue weighted by molar-refractivity contribution is 5.93. The maximum Gasteiger partial charge on any atom is 0.326 e. The molecule has 0 fully saturated rings. The quantitative estimate of drug-likeness (QED) is 0.810. The number of nitrogens with one attached hydrogen (secondary N) is 1. The van der Waals surface area contributed by atoms with Crippen LogP contribution < -0.4 is 5.32 Å². The summed E-state index contributed by atoms with van der Waals surface area (Å²) in [5, 5.41) is 15.6. The van der Waals surface area contributed by atoms with Crippen molar-refractivity contribution in [2.45, 2.75) is 32.2 Å². The molecule has 0 aliphatic rings. The molecule has 0 saturated heterocycles. The largest absolute Gasteiger partial charge is 0.480 e. The van der Waals surface area contributed by atoms with Crippen LogP contribution in [0.25, 0.3) is 5.69 Å². The molecule has 1 aromatic heterocycles. The van der Waals surface area contributed by atoms with Crippen LogP contribution in [0.5, 0.6) is 0 Å². The van der Waals surface area contributed by atoms with Crippen molar-refractivity contribution < 1.29 is 14.7 Å². The molecule has 1 unspecified atom stereocenters. The highest BCUT2D eigenvalue weighted by Crippen LogP contribution is 2.06. The molecule has 22 heavy (non-hydrogen) atoms. The van der Waals surface area contributed by atoms with Crippen LogP contribution >= 0.6 is 0 Å². The average Bonchev–Trinajstić information content (AvgIpc) is 3.02. The molecule has 7 nitrogen and oxygen atoms in total. The number of aliphatic carboxylic acids is 1. The van der Waals surface area contributed by atoms with Crippen LogP contribution in [-0.2, 0) is 4.79 Å². The maximum absolute atomic E-state index is 12.1. The zero-order chi connectivity index (χ0) is 15.9. The number of hydrogen-bond acceptors (Lipinski definition) is 4. The predicted octanol–water partition coefficient (Wildman–Crippen LogP) is 1.64. The Morgan fingerprint density at radius 2 is 2.05 bits per heavy atom. The molecule has 116 valence electrons. The van der Waals surface area contributed by atoms with Crippen LogP contribution in [0.1, 0.15) is 36.8 Å². The Morgan fingerprint density at radius 3 is 2.68 bits per heavy atom. The molecule has 1 heterocycles. The van der Waals surface area contributed by atoms with Crippen molar-refractivity contribution in [3.63, 3.8) is 0 Å². The Hall–Kier alpha value is -2.70. The van der Waals surface area contributed by atoms with Gasteiger partial charge in [-0.1, -0.05) is 38.0 Å². The zero-order valence-corrected chi connectivity index (χ0v) is 12.3. The first-order valence-electron chi connectivity index (χ1n) is 7.12. The number of carboxylic acids is 1. The highest BCUT2D eigenvalue weighted by Gasteiger charge is 2.22. The van der Waals surface area contributed by atoms with E-state index in [4.69, 9.17) is 5.11 Å². The summed E-state index contributed by atoms with van der Waals surface area (Å²) in [7, 11) is 0. The lowest BCUT2D eigenvalue weighted by molar-refractivity contribution is -0.139. The van der Waals surface area contributed by atoms with Gasteiger partial charge in [0.2, 0.25) is 5.82 Å². The van der Waals surface area contributed by atoms with Gasteiger partial charge in [0.05, 0.1) is 5.69 Å². The highest BCUT2D eigenvalue weighted by atomic mass is 16.4. The lowest BCUT2D eigenvalue weighted by atomic mass is 10.1. The third-order valence-corrected chi connectivity index (χ3v) is 3.17. The lowest BCUT2D eigenvalue weighted by Crippen LogP contribution is -2.41. The standard InChI is InChI=1S/C15H18N4O3/c1-2-3-9-12(15(21)22)17-14(20)13-16-10-19(18-13)11-7-5-4-6-8-11/h4-8,10,12H,2-3,9H2,1H3,(H,17,20)(H,21,22). The van der Waals surface area contributed by atoms with E-state index in [1.54, 1.807) is 0 Å². The molecule has 0 bridgehead atoms. The molecule has 2 rings (SSSR count). The fraction of sp³-hybridized carbons (Fsp3) is 0.333. The molecule has 0 aliphatic carbocycles. The van der Waals surface area contributed by atoms with Gasteiger partial charge in [-0.15, -0.1) is 5.10 Å². The van der Waals surface area contributed by atoms with Crippen LogP contribution in [0.2, 0.25) is 0 Å². The maximum atomic E-state index is 12.1. The minimum atomic E-state index is -1.05. The summed E-state index contributed by atoms with van der Waals surface area (Å²) >= 11 is 0. The number of hydrogen-bond donors (Lipinski definition) is 2. The van der Waals surface area contributed by atoms with E-state index in [0.29, 0.717) is 6.42 Å². The first-order chi connectivity index (χ1) is 10.6. The van der Waals surface area contributed by atoms with Gasteiger partial charge in [-0.05, 0) is 18.6 Å². The first kappa shape index (κ1) is 15.7. The molecule has 7 heteroatoms. The molecule has 2 aromatic rings. The molecule has 0 spiro atoms. The summed E-state index contributed by atoms with van der Waals surface area (Å²) in [5.74, 6) is -1.69. The van der Waals surface area contributed by atoms with E-state index in [-0.39, 0.29) is 5.82 Å². The number of unbranched alkanes of at least 4 members (excludes halogenated alkanes) is 1. The molecule has 0 aliphatic heterocycles. The van der Waals surface area contributed by atoms with Crippen LogP contribution in [-0.4, -0.2) is 37.8 Å². The smallest absolute Gasteiger partial charge is 0.326 e. The van der Waals surface area contributed by atoms with Crippen molar-refractivity contribution in [2.24, 2.45) is 0 Å². The van der Waals surface area contributed by atoms with E-state index in [0.717, 1.165) is 18.5 Å². The van der Waals surface area contributed by atoms with Crippen LogP contribution in [0.4, 0.5) is 0 Å². The summed E-state index contributed by atoms with van der Waals surface area (Å²) in [6.45, 7) is 1.96. The van der Waals surface area contributed by atoms with E-state index in [2.05, 4.69) is 15.4 Å². The fourth-order valence-corrected chi connectivity index (χ4v) is 1.96. The van der Waals surface area contributed by atoms with E-state index in [1.807, 2.05) is 37.3 Å². The van der Waals surface area contributed by atoms with E-state index >= 15 is 0 Å². The van der Waals surface area contributed by atoms with E-state index in [9.17, 15) is 9.59 Å².